The van der Waals surface area contributed by atoms with Crippen LogP contribution < -0.4 is 22.1 Å². The molecular weight excluding hydrogens is 344 g/mol. The lowest BCUT2D eigenvalue weighted by molar-refractivity contribution is -0.143. The van der Waals surface area contributed by atoms with Gasteiger partial charge in [0.15, 0.2) is 5.96 Å². The fraction of sp³-hybridized carbons (Fsp3) is 0.579. The van der Waals surface area contributed by atoms with Gasteiger partial charge in [0.05, 0.1) is 0 Å². The normalized spacial score (nSPS) is 15.1. The van der Waals surface area contributed by atoms with Gasteiger partial charge in [0.1, 0.15) is 5.41 Å². The van der Waals surface area contributed by atoms with Crippen molar-refractivity contribution in [3.63, 3.8) is 0 Å². The Balaban J connectivity index is 1.79. The minimum Gasteiger partial charge on any atom is -0.370 e. The van der Waals surface area contributed by atoms with Crippen LogP contribution in [0.2, 0.25) is 0 Å². The van der Waals surface area contributed by atoms with Gasteiger partial charge in [-0.2, -0.15) is 0 Å². The largest absolute Gasteiger partial charge is 0.370 e. The maximum Gasteiger partial charge on any atom is 0.235 e. The summed E-state index contributed by atoms with van der Waals surface area (Å²) in [5.74, 6) is -0.255. The van der Waals surface area contributed by atoms with Gasteiger partial charge in [-0.3, -0.25) is 19.6 Å². The number of hydrogen-bond donors (Lipinski definition) is 4. The summed E-state index contributed by atoms with van der Waals surface area (Å²) >= 11 is 0. The molecule has 2 rings (SSSR count). The molecule has 0 atom stereocenters. The first kappa shape index (κ1) is 20.7. The fourth-order valence-electron chi connectivity index (χ4n) is 3.39. The number of guanidine groups is 1. The minimum absolute atomic E-state index is 0.0758. The van der Waals surface area contributed by atoms with E-state index < -0.39 is 5.41 Å². The van der Waals surface area contributed by atoms with E-state index in [1.54, 1.807) is 12.4 Å². The van der Waals surface area contributed by atoms with Crippen LogP contribution >= 0.6 is 0 Å². The van der Waals surface area contributed by atoms with E-state index >= 15 is 0 Å². The lowest BCUT2D eigenvalue weighted by atomic mass is 9.83. The quantitative estimate of drug-likeness (QED) is 0.204. The molecule has 0 spiro atoms. The predicted octanol–water partition coefficient (Wildman–Crippen LogP) is 0.471. The van der Waals surface area contributed by atoms with Crippen molar-refractivity contribution < 1.29 is 9.59 Å². The van der Waals surface area contributed by atoms with E-state index in [9.17, 15) is 9.59 Å². The summed E-state index contributed by atoms with van der Waals surface area (Å²) in [5.41, 5.74) is 10.7. The molecule has 1 aromatic rings. The zero-order chi connectivity index (χ0) is 19.5. The molecule has 8 heteroatoms. The average molecular weight is 374 g/mol. The Bertz CT molecular complexity index is 637. The van der Waals surface area contributed by atoms with Crippen LogP contribution in [0.15, 0.2) is 29.5 Å². The summed E-state index contributed by atoms with van der Waals surface area (Å²) in [5, 5.41) is 5.87. The summed E-state index contributed by atoms with van der Waals surface area (Å²) in [6.45, 7) is 1.56. The number of nitrogens with one attached hydrogen (secondary N) is 2. The average Bonchev–Trinajstić information content (AvgIpc) is 3.16. The molecule has 1 saturated carbocycles. The van der Waals surface area contributed by atoms with Crippen LogP contribution in [0.4, 0.5) is 0 Å². The van der Waals surface area contributed by atoms with Gasteiger partial charge in [-0.05, 0) is 43.7 Å². The van der Waals surface area contributed by atoms with Crippen molar-refractivity contribution in [2.24, 2.45) is 21.9 Å². The standard InChI is InChI=1S/C19H30N6O2/c20-18(21)25-12-4-3-11-23-16(26)19(8-1-2-9-19)17(27)24-13-7-15-6-5-10-22-14-15/h5-6,10,14H,1-4,7-9,11-13H2,(H,23,26)(H,24,27)(H4,20,21,25). The Morgan fingerprint density at radius 3 is 2.44 bits per heavy atom. The molecule has 6 N–H and O–H groups in total. The maximum absolute atomic E-state index is 12.8. The van der Waals surface area contributed by atoms with Crippen molar-refractivity contribution in [1.82, 2.24) is 15.6 Å². The molecule has 0 bridgehead atoms. The molecule has 0 radical (unpaired) electrons. The van der Waals surface area contributed by atoms with Crippen LogP contribution in [0.3, 0.4) is 0 Å². The summed E-state index contributed by atoms with van der Waals surface area (Å²) < 4.78 is 0. The SMILES string of the molecule is NC(N)=NCCCCNC(=O)C1(C(=O)NCCc2cccnc2)CCCC1. The number of carbonyl (C=O) groups excluding carboxylic acids is 2. The van der Waals surface area contributed by atoms with Crippen LogP contribution in [0.25, 0.3) is 0 Å². The van der Waals surface area contributed by atoms with Crippen LogP contribution in [0.5, 0.6) is 0 Å². The Kier molecular flexibility index (Phi) is 8.03. The highest BCUT2D eigenvalue weighted by molar-refractivity contribution is 6.05. The highest BCUT2D eigenvalue weighted by Gasteiger charge is 2.47. The van der Waals surface area contributed by atoms with Crippen molar-refractivity contribution in [3.8, 4) is 0 Å². The summed E-state index contributed by atoms with van der Waals surface area (Å²) in [7, 11) is 0. The monoisotopic (exact) mass is 374 g/mol. The van der Waals surface area contributed by atoms with Gasteiger partial charge in [0, 0.05) is 32.0 Å². The number of pyridine rings is 1. The lowest BCUT2D eigenvalue weighted by Gasteiger charge is -2.26. The number of aliphatic imine (C=N–C) groups is 1. The third-order valence-electron chi connectivity index (χ3n) is 4.91. The summed E-state index contributed by atoms with van der Waals surface area (Å²) in [4.78, 5) is 33.5. The fourth-order valence-corrected chi connectivity index (χ4v) is 3.39. The minimum atomic E-state index is -0.936. The van der Waals surface area contributed by atoms with Gasteiger partial charge in [0.2, 0.25) is 11.8 Å². The van der Waals surface area contributed by atoms with E-state index in [4.69, 9.17) is 11.5 Å². The summed E-state index contributed by atoms with van der Waals surface area (Å²) in [6.07, 6.45) is 8.74. The van der Waals surface area contributed by atoms with Gasteiger partial charge < -0.3 is 22.1 Å². The number of amides is 2. The number of nitrogens with zero attached hydrogens (tertiary/aromatic N) is 2. The molecule has 8 nitrogen and oxygen atoms in total. The smallest absolute Gasteiger partial charge is 0.235 e. The topological polar surface area (TPSA) is 135 Å². The van der Waals surface area contributed by atoms with Crippen molar-refractivity contribution in [2.75, 3.05) is 19.6 Å². The number of carbonyl (C=O) groups is 2. The predicted molar refractivity (Wildman–Crippen MR) is 105 cm³/mol. The zero-order valence-corrected chi connectivity index (χ0v) is 15.7. The van der Waals surface area contributed by atoms with Gasteiger partial charge in [0.25, 0.3) is 0 Å². The van der Waals surface area contributed by atoms with Crippen LogP contribution in [0.1, 0.15) is 44.1 Å². The third-order valence-corrected chi connectivity index (χ3v) is 4.91. The van der Waals surface area contributed by atoms with E-state index in [0.717, 1.165) is 31.2 Å². The first-order valence-electron chi connectivity index (χ1n) is 9.55. The molecule has 0 aromatic carbocycles. The number of hydrogen-bond acceptors (Lipinski definition) is 4. The molecule has 1 heterocycles. The second-order valence-corrected chi connectivity index (χ2v) is 6.93. The molecule has 1 aliphatic rings. The number of rotatable bonds is 10. The van der Waals surface area contributed by atoms with Gasteiger partial charge in [-0.25, -0.2) is 0 Å². The third kappa shape index (κ3) is 6.23. The Morgan fingerprint density at radius 2 is 1.81 bits per heavy atom. The second-order valence-electron chi connectivity index (χ2n) is 6.93. The first-order valence-corrected chi connectivity index (χ1v) is 9.55. The molecule has 0 aliphatic heterocycles. The molecular formula is C19H30N6O2. The second kappa shape index (κ2) is 10.5. The van der Waals surface area contributed by atoms with Crippen molar-refractivity contribution >= 4 is 17.8 Å². The van der Waals surface area contributed by atoms with Crippen LogP contribution in [-0.4, -0.2) is 42.4 Å². The molecule has 0 unspecified atom stereocenters. The Labute approximate surface area is 160 Å². The highest BCUT2D eigenvalue weighted by Crippen LogP contribution is 2.38. The molecule has 0 saturated heterocycles. The Morgan fingerprint density at radius 1 is 1.11 bits per heavy atom. The molecule has 1 fully saturated rings. The molecule has 1 aliphatic carbocycles. The van der Waals surface area contributed by atoms with E-state index in [2.05, 4.69) is 20.6 Å². The van der Waals surface area contributed by atoms with E-state index in [1.165, 1.54) is 0 Å². The van der Waals surface area contributed by atoms with Crippen LogP contribution in [0, 0.1) is 5.41 Å². The van der Waals surface area contributed by atoms with Gasteiger partial charge in [-0.15, -0.1) is 0 Å². The van der Waals surface area contributed by atoms with E-state index in [1.807, 2.05) is 12.1 Å². The number of aromatic nitrogens is 1. The highest BCUT2D eigenvalue weighted by atomic mass is 16.2. The van der Waals surface area contributed by atoms with Crippen molar-refractivity contribution in [1.29, 1.82) is 0 Å². The molecule has 2 amide bonds. The number of nitrogens with two attached hydrogens (primary N) is 2. The van der Waals surface area contributed by atoms with Gasteiger partial charge in [-0.1, -0.05) is 18.9 Å². The summed E-state index contributed by atoms with van der Waals surface area (Å²) in [6, 6.07) is 3.84. The first-order chi connectivity index (χ1) is 13.0. The van der Waals surface area contributed by atoms with Crippen molar-refractivity contribution in [2.45, 2.75) is 44.9 Å². The zero-order valence-electron chi connectivity index (χ0n) is 15.7. The maximum atomic E-state index is 12.8. The van der Waals surface area contributed by atoms with Crippen molar-refractivity contribution in [3.05, 3.63) is 30.1 Å². The lowest BCUT2D eigenvalue weighted by Crippen LogP contribution is -2.50. The van der Waals surface area contributed by atoms with E-state index in [0.29, 0.717) is 38.9 Å². The van der Waals surface area contributed by atoms with Crippen LogP contribution in [-0.2, 0) is 16.0 Å². The van der Waals surface area contributed by atoms with E-state index in [-0.39, 0.29) is 17.8 Å². The molecule has 148 valence electrons. The van der Waals surface area contributed by atoms with Gasteiger partial charge >= 0.3 is 0 Å². The Hall–Kier alpha value is -2.64. The molecule has 1 aromatic heterocycles. The molecule has 27 heavy (non-hydrogen) atoms. The number of unbranched alkanes of at least 4 members (excludes halogenated alkanes) is 1.